The third-order valence-corrected chi connectivity index (χ3v) is 4.95. The van der Waals surface area contributed by atoms with E-state index in [1.54, 1.807) is 25.1 Å². The van der Waals surface area contributed by atoms with Gasteiger partial charge in [-0.25, -0.2) is 0 Å². The van der Waals surface area contributed by atoms with Crippen molar-refractivity contribution in [3.8, 4) is 0 Å². The first-order valence-electron chi connectivity index (χ1n) is 5.82. The van der Waals surface area contributed by atoms with Gasteiger partial charge in [-0.2, -0.15) is 11.8 Å². The summed E-state index contributed by atoms with van der Waals surface area (Å²) >= 11 is 4.74. The Labute approximate surface area is 124 Å². The molecule has 2 amide bonds. The van der Waals surface area contributed by atoms with Crippen molar-refractivity contribution in [2.24, 2.45) is 0 Å². The largest absolute Gasteiger partial charge is 0.395 e. The van der Waals surface area contributed by atoms with Crippen molar-refractivity contribution in [2.45, 2.75) is 18.2 Å². The SMILES string of the molecule is CSC(CO)C(C)N1C(=O)c2ccc(Br)cc2C1=O. The summed E-state index contributed by atoms with van der Waals surface area (Å²) in [5.74, 6) is -0.575. The fraction of sp³-hybridized carbons (Fsp3) is 0.385. The third kappa shape index (κ3) is 2.44. The molecule has 1 N–H and O–H groups in total. The molecule has 1 aromatic carbocycles. The van der Waals surface area contributed by atoms with Gasteiger partial charge in [0.25, 0.3) is 11.8 Å². The molecule has 2 rings (SSSR count). The van der Waals surface area contributed by atoms with Crippen LogP contribution >= 0.6 is 27.7 Å². The lowest BCUT2D eigenvalue weighted by molar-refractivity contribution is 0.0582. The number of rotatable bonds is 4. The van der Waals surface area contributed by atoms with Gasteiger partial charge in [0.15, 0.2) is 0 Å². The number of thioether (sulfide) groups is 1. The van der Waals surface area contributed by atoms with E-state index in [4.69, 9.17) is 0 Å². The van der Waals surface area contributed by atoms with Gasteiger partial charge in [0, 0.05) is 9.72 Å². The normalized spacial score (nSPS) is 17.6. The zero-order valence-electron chi connectivity index (χ0n) is 10.6. The Morgan fingerprint density at radius 2 is 1.95 bits per heavy atom. The number of fused-ring (bicyclic) bond motifs is 1. The van der Waals surface area contributed by atoms with Crippen LogP contribution in [0.2, 0.25) is 0 Å². The van der Waals surface area contributed by atoms with Gasteiger partial charge in [-0.05, 0) is 31.4 Å². The monoisotopic (exact) mass is 343 g/mol. The number of carbonyl (C=O) groups is 2. The molecule has 0 bridgehead atoms. The van der Waals surface area contributed by atoms with E-state index in [1.165, 1.54) is 16.7 Å². The van der Waals surface area contributed by atoms with Crippen LogP contribution in [0, 0.1) is 0 Å². The van der Waals surface area contributed by atoms with Crippen molar-refractivity contribution in [1.82, 2.24) is 4.90 Å². The fourth-order valence-corrected chi connectivity index (χ4v) is 3.22. The van der Waals surface area contributed by atoms with E-state index in [-0.39, 0.29) is 29.7 Å². The van der Waals surface area contributed by atoms with Crippen molar-refractivity contribution in [2.75, 3.05) is 12.9 Å². The summed E-state index contributed by atoms with van der Waals surface area (Å²) in [6.07, 6.45) is 1.85. The predicted octanol–water partition coefficient (Wildman–Crippen LogP) is 2.16. The molecule has 4 nitrogen and oxygen atoms in total. The standard InChI is InChI=1S/C13H14BrNO3S/c1-7(11(6-16)19-2)15-12(17)9-4-3-8(14)5-10(9)13(15)18/h3-5,7,11,16H,6H2,1-2H3. The van der Waals surface area contributed by atoms with Crippen molar-refractivity contribution >= 4 is 39.5 Å². The van der Waals surface area contributed by atoms with E-state index >= 15 is 0 Å². The van der Waals surface area contributed by atoms with Crippen molar-refractivity contribution in [3.63, 3.8) is 0 Å². The minimum absolute atomic E-state index is 0.0700. The highest BCUT2D eigenvalue weighted by Crippen LogP contribution is 2.29. The summed E-state index contributed by atoms with van der Waals surface area (Å²) in [6, 6.07) is 4.72. The number of hydrogen-bond donors (Lipinski definition) is 1. The number of hydrogen-bond acceptors (Lipinski definition) is 4. The number of amides is 2. The maximum atomic E-state index is 12.3. The minimum Gasteiger partial charge on any atom is -0.395 e. The zero-order chi connectivity index (χ0) is 14.2. The lowest BCUT2D eigenvalue weighted by atomic mass is 10.1. The highest BCUT2D eigenvalue weighted by molar-refractivity contribution is 9.10. The molecular formula is C13H14BrNO3S. The van der Waals surface area contributed by atoms with Crippen LogP contribution in [0.25, 0.3) is 0 Å². The number of benzene rings is 1. The molecule has 0 spiro atoms. The Morgan fingerprint density at radius 3 is 2.53 bits per heavy atom. The van der Waals surface area contributed by atoms with Crippen LogP contribution in [0.1, 0.15) is 27.6 Å². The Kier molecular flexibility index (Phi) is 4.32. The van der Waals surface area contributed by atoms with Crippen LogP contribution in [0.15, 0.2) is 22.7 Å². The van der Waals surface area contributed by atoms with Crippen LogP contribution in [-0.2, 0) is 0 Å². The minimum atomic E-state index is -0.342. The predicted molar refractivity (Wildman–Crippen MR) is 78.5 cm³/mol. The molecule has 2 atom stereocenters. The molecular weight excluding hydrogens is 330 g/mol. The van der Waals surface area contributed by atoms with Crippen LogP contribution < -0.4 is 0 Å². The molecule has 0 aromatic heterocycles. The average Bonchev–Trinajstić information content (AvgIpc) is 2.63. The Bertz CT molecular complexity index is 531. The van der Waals surface area contributed by atoms with Crippen molar-refractivity contribution in [1.29, 1.82) is 0 Å². The molecule has 2 unspecified atom stereocenters. The van der Waals surface area contributed by atoms with Crippen molar-refractivity contribution in [3.05, 3.63) is 33.8 Å². The van der Waals surface area contributed by atoms with Gasteiger partial charge in [-0.15, -0.1) is 0 Å². The second-order valence-corrected chi connectivity index (χ2v) is 6.36. The molecule has 0 radical (unpaired) electrons. The summed E-state index contributed by atoms with van der Waals surface area (Å²) in [5, 5.41) is 9.14. The summed E-state index contributed by atoms with van der Waals surface area (Å²) in [5.41, 5.74) is 0.849. The molecule has 102 valence electrons. The van der Waals surface area contributed by atoms with E-state index in [9.17, 15) is 14.7 Å². The molecule has 1 aliphatic heterocycles. The molecule has 1 aliphatic rings. The molecule has 0 saturated carbocycles. The van der Waals surface area contributed by atoms with E-state index in [0.29, 0.717) is 11.1 Å². The van der Waals surface area contributed by atoms with Crippen molar-refractivity contribution < 1.29 is 14.7 Å². The second-order valence-electron chi connectivity index (χ2n) is 4.37. The van der Waals surface area contributed by atoms with Crippen LogP contribution in [0.3, 0.4) is 0 Å². The third-order valence-electron chi connectivity index (χ3n) is 3.31. The first-order chi connectivity index (χ1) is 9.01. The first-order valence-corrected chi connectivity index (χ1v) is 7.90. The molecule has 0 fully saturated rings. The molecule has 19 heavy (non-hydrogen) atoms. The molecule has 1 aromatic rings. The quantitative estimate of drug-likeness (QED) is 0.851. The molecule has 0 aliphatic carbocycles. The highest BCUT2D eigenvalue weighted by atomic mass is 79.9. The Hall–Kier alpha value is -0.850. The molecule has 6 heteroatoms. The number of carbonyl (C=O) groups excluding carboxylic acids is 2. The van der Waals surface area contributed by atoms with Crippen LogP contribution in [0.5, 0.6) is 0 Å². The summed E-state index contributed by atoms with van der Waals surface area (Å²) in [4.78, 5) is 25.9. The first kappa shape index (κ1) is 14.6. The number of aliphatic hydroxyl groups excluding tert-OH is 1. The van der Waals surface area contributed by atoms with Gasteiger partial charge < -0.3 is 5.11 Å². The molecule has 0 saturated heterocycles. The number of aliphatic hydroxyl groups is 1. The summed E-state index contributed by atoms with van der Waals surface area (Å²) < 4.78 is 0.769. The highest BCUT2D eigenvalue weighted by Gasteiger charge is 2.40. The lowest BCUT2D eigenvalue weighted by Crippen LogP contribution is -2.45. The average molecular weight is 344 g/mol. The van der Waals surface area contributed by atoms with Gasteiger partial charge in [-0.1, -0.05) is 15.9 Å². The number of imide groups is 1. The summed E-state index contributed by atoms with van der Waals surface area (Å²) in [6.45, 7) is 1.72. The lowest BCUT2D eigenvalue weighted by Gasteiger charge is -2.28. The van der Waals surface area contributed by atoms with Gasteiger partial charge in [-0.3, -0.25) is 14.5 Å². The van der Waals surface area contributed by atoms with Crippen LogP contribution in [-0.4, -0.2) is 46.0 Å². The van der Waals surface area contributed by atoms with E-state index in [0.717, 1.165) is 4.47 Å². The van der Waals surface area contributed by atoms with E-state index in [1.807, 2.05) is 6.26 Å². The summed E-state index contributed by atoms with van der Waals surface area (Å²) in [7, 11) is 0. The number of nitrogens with zero attached hydrogens (tertiary/aromatic N) is 1. The fourth-order valence-electron chi connectivity index (χ4n) is 2.19. The Balaban J connectivity index is 2.37. The van der Waals surface area contributed by atoms with E-state index < -0.39 is 0 Å². The smallest absolute Gasteiger partial charge is 0.261 e. The molecule has 1 heterocycles. The maximum Gasteiger partial charge on any atom is 0.261 e. The van der Waals surface area contributed by atoms with Gasteiger partial charge in [0.05, 0.1) is 23.8 Å². The topological polar surface area (TPSA) is 57.6 Å². The van der Waals surface area contributed by atoms with Gasteiger partial charge in [0.2, 0.25) is 0 Å². The number of halogens is 1. The Morgan fingerprint density at radius 1 is 1.32 bits per heavy atom. The van der Waals surface area contributed by atoms with Gasteiger partial charge in [0.1, 0.15) is 0 Å². The maximum absolute atomic E-state index is 12.3. The second kappa shape index (κ2) is 5.64. The van der Waals surface area contributed by atoms with E-state index in [2.05, 4.69) is 15.9 Å². The zero-order valence-corrected chi connectivity index (χ0v) is 13.0. The van der Waals surface area contributed by atoms with Gasteiger partial charge >= 0.3 is 0 Å². The van der Waals surface area contributed by atoms with Crippen LogP contribution in [0.4, 0.5) is 0 Å².